The van der Waals surface area contributed by atoms with E-state index >= 15 is 0 Å². The summed E-state index contributed by atoms with van der Waals surface area (Å²) in [7, 11) is 1.26. The lowest BCUT2D eigenvalue weighted by Gasteiger charge is -2.33. The van der Waals surface area contributed by atoms with E-state index in [2.05, 4.69) is 21.9 Å². The summed E-state index contributed by atoms with van der Waals surface area (Å²) in [6.45, 7) is 4.11. The Morgan fingerprint density at radius 1 is 1.17 bits per heavy atom. The number of rotatable bonds is 3. The molecule has 7 nitrogen and oxygen atoms in total. The van der Waals surface area contributed by atoms with Gasteiger partial charge < -0.3 is 19.7 Å². The predicted octanol–water partition coefficient (Wildman–Crippen LogP) is 4.10. The maximum atomic E-state index is 12.1. The number of hydrogen-bond acceptors (Lipinski definition) is 6. The van der Waals surface area contributed by atoms with Crippen molar-refractivity contribution in [2.24, 2.45) is 10.9 Å². The van der Waals surface area contributed by atoms with Crippen molar-refractivity contribution in [3.8, 4) is 11.5 Å². The quantitative estimate of drug-likeness (QED) is 0.612. The molecule has 0 bridgehead atoms. The van der Waals surface area contributed by atoms with Gasteiger partial charge in [-0.3, -0.25) is 9.59 Å². The minimum Gasteiger partial charge on any atom is -0.469 e. The Kier molecular flexibility index (Phi) is 5.70. The van der Waals surface area contributed by atoms with Gasteiger partial charge in [-0.2, -0.15) is 0 Å². The van der Waals surface area contributed by atoms with Crippen LogP contribution in [0.2, 0.25) is 0 Å². The number of methoxy groups -OCH3 is 1. The molecule has 0 aliphatic carbocycles. The van der Waals surface area contributed by atoms with Crippen molar-refractivity contribution in [1.82, 2.24) is 4.90 Å². The number of anilines is 1. The number of amidine groups is 1. The normalized spacial score (nSPS) is 15.8. The molecule has 1 saturated heterocycles. The minimum atomic E-state index is -0.578. The minimum absolute atomic E-state index is 0.333. The third kappa shape index (κ3) is 4.30. The lowest BCUT2D eigenvalue weighted by Crippen LogP contribution is -2.38. The van der Waals surface area contributed by atoms with Crippen LogP contribution in [0, 0.1) is 5.92 Å². The fourth-order valence-electron chi connectivity index (χ4n) is 3.67. The van der Waals surface area contributed by atoms with E-state index in [1.54, 1.807) is 6.07 Å². The number of para-hydroxylation sites is 2. The number of piperidine rings is 1. The molecule has 0 unspecified atom stereocenters. The third-order valence-corrected chi connectivity index (χ3v) is 5.43. The number of hydrogen-bond donors (Lipinski definition) is 1. The molecule has 4 rings (SSSR count). The van der Waals surface area contributed by atoms with E-state index in [-0.39, 0.29) is 6.42 Å². The highest BCUT2D eigenvalue weighted by Crippen LogP contribution is 2.39. The first-order chi connectivity index (χ1) is 14.5. The van der Waals surface area contributed by atoms with Crippen molar-refractivity contribution in [2.45, 2.75) is 26.2 Å². The average Bonchev–Trinajstić information content (AvgIpc) is 2.90. The Balaban J connectivity index is 1.69. The molecule has 0 atom stereocenters. The standard InChI is InChI=1S/C23H25N3O4/c1-15-9-11-26(12-10-15)23-17-13-16(24-21(27)14-22(28)29-2)7-8-19(17)30-20-6-4-3-5-18(20)25-23/h3-8,13,15H,9-12,14H2,1-2H3,(H,24,27). The number of aliphatic imine (C=N–C) groups is 1. The van der Waals surface area contributed by atoms with Crippen molar-refractivity contribution >= 4 is 29.1 Å². The van der Waals surface area contributed by atoms with Crippen LogP contribution in [0.3, 0.4) is 0 Å². The Morgan fingerprint density at radius 3 is 2.70 bits per heavy atom. The van der Waals surface area contributed by atoms with E-state index in [4.69, 9.17) is 9.73 Å². The van der Waals surface area contributed by atoms with Gasteiger partial charge >= 0.3 is 5.97 Å². The lowest BCUT2D eigenvalue weighted by molar-refractivity contribution is -0.142. The summed E-state index contributed by atoms with van der Waals surface area (Å²) in [4.78, 5) is 30.7. The number of fused-ring (bicyclic) bond motifs is 2. The fraction of sp³-hybridized carbons (Fsp3) is 0.348. The second-order valence-corrected chi connectivity index (χ2v) is 7.69. The highest BCUT2D eigenvalue weighted by Gasteiger charge is 2.26. The molecule has 2 aliphatic rings. The van der Waals surface area contributed by atoms with Gasteiger partial charge in [-0.05, 0) is 49.1 Å². The van der Waals surface area contributed by atoms with Gasteiger partial charge in [-0.15, -0.1) is 0 Å². The maximum Gasteiger partial charge on any atom is 0.315 e. The van der Waals surface area contributed by atoms with E-state index in [0.29, 0.717) is 23.1 Å². The van der Waals surface area contributed by atoms with Crippen LogP contribution < -0.4 is 10.1 Å². The third-order valence-electron chi connectivity index (χ3n) is 5.43. The number of nitrogens with zero attached hydrogens (tertiary/aromatic N) is 2. The number of carbonyl (C=O) groups is 2. The van der Waals surface area contributed by atoms with E-state index in [1.807, 2.05) is 36.4 Å². The van der Waals surface area contributed by atoms with E-state index in [1.165, 1.54) is 7.11 Å². The van der Waals surface area contributed by atoms with Crippen LogP contribution in [0.15, 0.2) is 47.5 Å². The summed E-state index contributed by atoms with van der Waals surface area (Å²) in [6, 6.07) is 13.1. The Labute approximate surface area is 175 Å². The van der Waals surface area contributed by atoms with Gasteiger partial charge in [-0.1, -0.05) is 19.1 Å². The van der Waals surface area contributed by atoms with Gasteiger partial charge in [0.1, 0.15) is 23.7 Å². The lowest BCUT2D eigenvalue weighted by atomic mass is 9.98. The zero-order valence-electron chi connectivity index (χ0n) is 17.2. The van der Waals surface area contributed by atoms with Gasteiger partial charge in [0.25, 0.3) is 0 Å². The number of esters is 1. The first-order valence-electron chi connectivity index (χ1n) is 10.1. The largest absolute Gasteiger partial charge is 0.469 e. The SMILES string of the molecule is COC(=O)CC(=O)Nc1ccc2c(c1)C(N1CCC(C)CC1)=Nc1ccccc1O2. The summed E-state index contributed by atoms with van der Waals surface area (Å²) in [6.07, 6.45) is 1.87. The number of ether oxygens (including phenoxy) is 2. The number of nitrogens with one attached hydrogen (secondary N) is 1. The number of carbonyl (C=O) groups excluding carboxylic acids is 2. The molecule has 2 aromatic rings. The van der Waals surface area contributed by atoms with Crippen LogP contribution in [0.5, 0.6) is 11.5 Å². The first-order valence-corrected chi connectivity index (χ1v) is 10.1. The van der Waals surface area contributed by atoms with Crippen LogP contribution in [0.25, 0.3) is 0 Å². The number of amides is 1. The monoisotopic (exact) mass is 407 g/mol. The van der Waals surface area contributed by atoms with E-state index in [9.17, 15) is 9.59 Å². The maximum absolute atomic E-state index is 12.1. The van der Waals surface area contributed by atoms with Crippen LogP contribution in [0.4, 0.5) is 11.4 Å². The molecule has 0 aromatic heterocycles. The molecule has 1 N–H and O–H groups in total. The molecule has 0 spiro atoms. The van der Waals surface area contributed by atoms with Gasteiger partial charge in [0.2, 0.25) is 5.91 Å². The molecule has 2 heterocycles. The van der Waals surface area contributed by atoms with E-state index in [0.717, 1.165) is 43.0 Å². The Bertz CT molecular complexity index is 994. The molecule has 7 heteroatoms. The van der Waals surface area contributed by atoms with Crippen molar-refractivity contribution in [2.75, 3.05) is 25.5 Å². The van der Waals surface area contributed by atoms with Crippen molar-refractivity contribution < 1.29 is 19.1 Å². The van der Waals surface area contributed by atoms with Crippen molar-refractivity contribution in [3.05, 3.63) is 48.0 Å². The smallest absolute Gasteiger partial charge is 0.315 e. The zero-order chi connectivity index (χ0) is 21.1. The molecule has 1 amide bonds. The number of likely N-dealkylation sites (tertiary alicyclic amines) is 1. The van der Waals surface area contributed by atoms with E-state index < -0.39 is 11.9 Å². The summed E-state index contributed by atoms with van der Waals surface area (Å²) in [5, 5.41) is 2.76. The summed E-state index contributed by atoms with van der Waals surface area (Å²) >= 11 is 0. The highest BCUT2D eigenvalue weighted by atomic mass is 16.5. The first kappa shape index (κ1) is 19.9. The summed E-state index contributed by atoms with van der Waals surface area (Å²) in [5.74, 6) is 1.91. The fourth-order valence-corrected chi connectivity index (χ4v) is 3.67. The van der Waals surface area contributed by atoms with Gasteiger partial charge in [0.05, 0.1) is 12.7 Å². The molecule has 2 aromatic carbocycles. The summed E-state index contributed by atoms with van der Waals surface area (Å²) < 4.78 is 10.7. The van der Waals surface area contributed by atoms with Gasteiger partial charge in [-0.25, -0.2) is 4.99 Å². The van der Waals surface area contributed by atoms with Crippen LogP contribution in [-0.2, 0) is 14.3 Å². The highest BCUT2D eigenvalue weighted by molar-refractivity contribution is 6.06. The molecular weight excluding hydrogens is 382 g/mol. The Morgan fingerprint density at radius 2 is 1.93 bits per heavy atom. The van der Waals surface area contributed by atoms with Crippen molar-refractivity contribution in [1.29, 1.82) is 0 Å². The zero-order valence-corrected chi connectivity index (χ0v) is 17.2. The second-order valence-electron chi connectivity index (χ2n) is 7.69. The molecule has 1 fully saturated rings. The number of benzene rings is 2. The van der Waals surface area contributed by atoms with Crippen LogP contribution in [-0.4, -0.2) is 42.8 Å². The van der Waals surface area contributed by atoms with Gasteiger partial charge in [0, 0.05) is 18.8 Å². The Hall–Kier alpha value is -3.35. The average molecular weight is 407 g/mol. The topological polar surface area (TPSA) is 80.2 Å². The molecule has 0 radical (unpaired) electrons. The van der Waals surface area contributed by atoms with Gasteiger partial charge in [0.15, 0.2) is 5.75 Å². The van der Waals surface area contributed by atoms with Crippen LogP contribution in [0.1, 0.15) is 31.7 Å². The summed E-state index contributed by atoms with van der Waals surface area (Å²) in [5.41, 5.74) is 2.17. The predicted molar refractivity (Wildman–Crippen MR) is 114 cm³/mol. The van der Waals surface area contributed by atoms with Crippen molar-refractivity contribution in [3.63, 3.8) is 0 Å². The molecule has 30 heavy (non-hydrogen) atoms. The second kappa shape index (κ2) is 8.57. The molecule has 2 aliphatic heterocycles. The molecule has 156 valence electrons. The van der Waals surface area contributed by atoms with Crippen LogP contribution >= 0.6 is 0 Å². The molecular formula is C23H25N3O4. The molecule has 0 saturated carbocycles.